The molecule has 0 saturated carbocycles. The molecule has 0 saturated heterocycles. The van der Waals surface area contributed by atoms with Gasteiger partial charge in [-0.2, -0.15) is 0 Å². The normalized spacial score (nSPS) is 10.4. The average molecular weight is 310 g/mol. The third-order valence-corrected chi connectivity index (χ3v) is 3.05. The molecule has 1 heterocycles. The Kier molecular flexibility index (Phi) is 3.81. The summed E-state index contributed by atoms with van der Waals surface area (Å²) in [5, 5.41) is 0. The van der Waals surface area contributed by atoms with E-state index in [0.29, 0.717) is 22.5 Å². The predicted octanol–water partition coefficient (Wildman–Crippen LogP) is 3.20. The number of rotatable bonds is 3. The van der Waals surface area contributed by atoms with E-state index in [1.807, 2.05) is 24.3 Å². The maximum atomic E-state index is 13.7. The first-order valence-electron chi connectivity index (χ1n) is 5.43. The van der Waals surface area contributed by atoms with E-state index in [0.717, 1.165) is 5.56 Å². The summed E-state index contributed by atoms with van der Waals surface area (Å²) in [7, 11) is 1.78. The standard InChI is InChI=1S/C13H13BrFN3/c1-18(8-9-4-2-3-5-12(9)16)13-11(15)6-10(14)7-17-13/h2-7H,8,16H2,1H3. The number of nitrogens with zero attached hydrogens (tertiary/aromatic N) is 2. The summed E-state index contributed by atoms with van der Waals surface area (Å²) in [6, 6.07) is 8.92. The van der Waals surface area contributed by atoms with Crippen LogP contribution < -0.4 is 10.6 Å². The van der Waals surface area contributed by atoms with Crippen molar-refractivity contribution in [3.05, 3.63) is 52.4 Å². The van der Waals surface area contributed by atoms with Gasteiger partial charge in [-0.1, -0.05) is 18.2 Å². The van der Waals surface area contributed by atoms with Gasteiger partial charge in [0.1, 0.15) is 0 Å². The fourth-order valence-electron chi connectivity index (χ4n) is 1.70. The van der Waals surface area contributed by atoms with E-state index in [9.17, 15) is 4.39 Å². The molecule has 5 heteroatoms. The summed E-state index contributed by atoms with van der Waals surface area (Å²) in [5.74, 6) is -0.0529. The number of hydrogen-bond donors (Lipinski definition) is 1. The Hall–Kier alpha value is -1.62. The van der Waals surface area contributed by atoms with Crippen molar-refractivity contribution in [3.63, 3.8) is 0 Å². The van der Waals surface area contributed by atoms with Crippen LogP contribution in [0.3, 0.4) is 0 Å². The van der Waals surface area contributed by atoms with Gasteiger partial charge in [0, 0.05) is 29.9 Å². The van der Waals surface area contributed by atoms with Crippen LogP contribution in [0.1, 0.15) is 5.56 Å². The molecule has 0 radical (unpaired) electrons. The van der Waals surface area contributed by atoms with Gasteiger partial charge in [0.05, 0.1) is 0 Å². The van der Waals surface area contributed by atoms with Crippen molar-refractivity contribution in [2.75, 3.05) is 17.7 Å². The second kappa shape index (κ2) is 5.35. The molecule has 94 valence electrons. The quantitative estimate of drug-likeness (QED) is 0.885. The van der Waals surface area contributed by atoms with Gasteiger partial charge in [0.2, 0.25) is 0 Å². The molecule has 1 aromatic carbocycles. The van der Waals surface area contributed by atoms with Crippen LogP contribution in [0.15, 0.2) is 41.0 Å². The van der Waals surface area contributed by atoms with E-state index in [4.69, 9.17) is 5.73 Å². The third-order valence-electron chi connectivity index (χ3n) is 2.61. The molecule has 3 nitrogen and oxygen atoms in total. The first kappa shape index (κ1) is 12.8. The van der Waals surface area contributed by atoms with Crippen molar-refractivity contribution in [2.45, 2.75) is 6.54 Å². The maximum Gasteiger partial charge on any atom is 0.166 e. The number of halogens is 2. The molecule has 0 atom stereocenters. The Labute approximate surface area is 114 Å². The van der Waals surface area contributed by atoms with Gasteiger partial charge in [-0.15, -0.1) is 0 Å². The fraction of sp³-hybridized carbons (Fsp3) is 0.154. The summed E-state index contributed by atoms with van der Waals surface area (Å²) in [4.78, 5) is 5.80. The second-order valence-corrected chi connectivity index (χ2v) is 4.93. The lowest BCUT2D eigenvalue weighted by atomic mass is 10.2. The number of pyridine rings is 1. The zero-order chi connectivity index (χ0) is 13.1. The van der Waals surface area contributed by atoms with Crippen molar-refractivity contribution >= 4 is 27.4 Å². The SMILES string of the molecule is CN(Cc1ccccc1N)c1ncc(Br)cc1F. The van der Waals surface area contributed by atoms with Gasteiger partial charge in [0.15, 0.2) is 11.6 Å². The van der Waals surface area contributed by atoms with Crippen molar-refractivity contribution in [1.29, 1.82) is 0 Å². The molecule has 0 bridgehead atoms. The van der Waals surface area contributed by atoms with Gasteiger partial charge >= 0.3 is 0 Å². The van der Waals surface area contributed by atoms with Gasteiger partial charge in [-0.05, 0) is 33.6 Å². The van der Waals surface area contributed by atoms with Crippen molar-refractivity contribution in [3.8, 4) is 0 Å². The number of nitrogens with two attached hydrogens (primary N) is 1. The number of benzene rings is 1. The third kappa shape index (κ3) is 2.79. The summed E-state index contributed by atoms with van der Waals surface area (Å²) in [6.07, 6.45) is 1.57. The monoisotopic (exact) mass is 309 g/mol. The lowest BCUT2D eigenvalue weighted by Gasteiger charge is -2.19. The van der Waals surface area contributed by atoms with Crippen LogP contribution in [-0.2, 0) is 6.54 Å². The highest BCUT2D eigenvalue weighted by Gasteiger charge is 2.11. The van der Waals surface area contributed by atoms with E-state index in [1.165, 1.54) is 6.07 Å². The Morgan fingerprint density at radius 1 is 1.39 bits per heavy atom. The Morgan fingerprint density at radius 2 is 2.11 bits per heavy atom. The minimum absolute atomic E-state index is 0.307. The van der Waals surface area contributed by atoms with Crippen LogP contribution in [0, 0.1) is 5.82 Å². The number of hydrogen-bond acceptors (Lipinski definition) is 3. The van der Waals surface area contributed by atoms with Crippen LogP contribution in [0.4, 0.5) is 15.9 Å². The highest BCUT2D eigenvalue weighted by molar-refractivity contribution is 9.10. The van der Waals surface area contributed by atoms with Crippen LogP contribution in [0.25, 0.3) is 0 Å². The van der Waals surface area contributed by atoms with Crippen LogP contribution >= 0.6 is 15.9 Å². The number of para-hydroxylation sites is 1. The predicted molar refractivity (Wildman–Crippen MR) is 74.9 cm³/mol. The molecule has 0 unspecified atom stereocenters. The van der Waals surface area contributed by atoms with Crippen LogP contribution in [0.2, 0.25) is 0 Å². The van der Waals surface area contributed by atoms with E-state index < -0.39 is 0 Å². The fourth-order valence-corrected chi connectivity index (χ4v) is 2.00. The number of nitrogen functional groups attached to an aromatic ring is 1. The van der Waals surface area contributed by atoms with Crippen LogP contribution in [-0.4, -0.2) is 12.0 Å². The second-order valence-electron chi connectivity index (χ2n) is 4.01. The Balaban J connectivity index is 2.22. The molecule has 2 aromatic rings. The van der Waals surface area contributed by atoms with E-state index in [1.54, 1.807) is 18.1 Å². The van der Waals surface area contributed by atoms with E-state index in [-0.39, 0.29) is 5.82 Å². The lowest BCUT2D eigenvalue weighted by Crippen LogP contribution is -2.19. The minimum atomic E-state index is -0.360. The molecule has 0 aliphatic rings. The molecule has 0 fully saturated rings. The molecule has 0 spiro atoms. The average Bonchev–Trinajstić information content (AvgIpc) is 2.32. The van der Waals surface area contributed by atoms with E-state index in [2.05, 4.69) is 20.9 Å². The summed E-state index contributed by atoms with van der Waals surface area (Å²) in [5.41, 5.74) is 7.51. The summed E-state index contributed by atoms with van der Waals surface area (Å²) >= 11 is 3.18. The van der Waals surface area contributed by atoms with Crippen molar-refractivity contribution in [2.24, 2.45) is 0 Å². The minimum Gasteiger partial charge on any atom is -0.398 e. The van der Waals surface area contributed by atoms with Crippen molar-refractivity contribution < 1.29 is 4.39 Å². The molecular formula is C13H13BrFN3. The van der Waals surface area contributed by atoms with Gasteiger partial charge in [-0.25, -0.2) is 9.37 Å². The summed E-state index contributed by atoms with van der Waals surface area (Å²) in [6.45, 7) is 0.512. The Bertz CT molecular complexity index is 560. The number of anilines is 2. The molecule has 0 aliphatic carbocycles. The summed E-state index contributed by atoms with van der Waals surface area (Å²) < 4.78 is 14.4. The molecule has 2 N–H and O–H groups in total. The topological polar surface area (TPSA) is 42.1 Å². The first-order chi connectivity index (χ1) is 8.58. The van der Waals surface area contributed by atoms with Gasteiger partial charge in [0.25, 0.3) is 0 Å². The highest BCUT2D eigenvalue weighted by atomic mass is 79.9. The zero-order valence-corrected chi connectivity index (χ0v) is 11.5. The highest BCUT2D eigenvalue weighted by Crippen LogP contribution is 2.21. The van der Waals surface area contributed by atoms with E-state index >= 15 is 0 Å². The molecular weight excluding hydrogens is 297 g/mol. The maximum absolute atomic E-state index is 13.7. The molecule has 18 heavy (non-hydrogen) atoms. The molecule has 1 aromatic heterocycles. The van der Waals surface area contributed by atoms with Gasteiger partial charge < -0.3 is 10.6 Å². The molecule has 2 rings (SSSR count). The Morgan fingerprint density at radius 3 is 2.78 bits per heavy atom. The lowest BCUT2D eigenvalue weighted by molar-refractivity contribution is 0.613. The zero-order valence-electron chi connectivity index (χ0n) is 9.90. The molecule has 0 aliphatic heterocycles. The largest absolute Gasteiger partial charge is 0.398 e. The van der Waals surface area contributed by atoms with Crippen LogP contribution in [0.5, 0.6) is 0 Å². The van der Waals surface area contributed by atoms with Crippen molar-refractivity contribution in [1.82, 2.24) is 4.98 Å². The molecule has 0 amide bonds. The first-order valence-corrected chi connectivity index (χ1v) is 6.23. The smallest absolute Gasteiger partial charge is 0.166 e. The van der Waals surface area contributed by atoms with Gasteiger partial charge in [-0.3, -0.25) is 0 Å². The number of aromatic nitrogens is 1.